The molecule has 0 amide bonds. The molecule has 1 aliphatic heterocycles. The normalized spacial score (nSPS) is 20.1. The van der Waals surface area contributed by atoms with Gasteiger partial charge in [-0.1, -0.05) is 6.07 Å². The van der Waals surface area contributed by atoms with Gasteiger partial charge in [-0.3, -0.25) is 0 Å². The minimum absolute atomic E-state index is 0.124. The van der Waals surface area contributed by atoms with E-state index in [4.69, 9.17) is 0 Å². The maximum atomic E-state index is 13.1. The van der Waals surface area contributed by atoms with E-state index in [9.17, 15) is 12.8 Å². The van der Waals surface area contributed by atoms with Crippen LogP contribution in [-0.2, 0) is 9.84 Å². The lowest BCUT2D eigenvalue weighted by atomic mass is 10.1. The molecule has 0 spiro atoms. The van der Waals surface area contributed by atoms with E-state index in [1.54, 1.807) is 6.07 Å². The summed E-state index contributed by atoms with van der Waals surface area (Å²) in [5.41, 5.74) is 1.73. The number of aryl methyl sites for hydroxylation is 1. The fourth-order valence-electron chi connectivity index (χ4n) is 2.00. The molecule has 1 aliphatic rings. The first-order valence-electron chi connectivity index (χ1n) is 5.69. The third-order valence-electron chi connectivity index (χ3n) is 3.11. The van der Waals surface area contributed by atoms with Crippen molar-refractivity contribution in [3.63, 3.8) is 0 Å². The standard InChI is InChI=1S/C12H16FNO2S/c1-9-2-3-10(13)8-12(9)14-11-4-6-17(15,16)7-5-11/h2-3,8,11,14H,4-7H2,1H3. The number of anilines is 1. The average molecular weight is 257 g/mol. The minimum atomic E-state index is -2.84. The van der Waals surface area contributed by atoms with E-state index in [-0.39, 0.29) is 23.4 Å². The zero-order chi connectivity index (χ0) is 12.5. The van der Waals surface area contributed by atoms with Crippen LogP contribution in [0.25, 0.3) is 0 Å². The Labute approximate surface area is 101 Å². The molecule has 0 saturated carbocycles. The largest absolute Gasteiger partial charge is 0.382 e. The Kier molecular flexibility index (Phi) is 3.38. The van der Waals surface area contributed by atoms with E-state index < -0.39 is 9.84 Å². The van der Waals surface area contributed by atoms with Crippen molar-refractivity contribution >= 4 is 15.5 Å². The van der Waals surface area contributed by atoms with Gasteiger partial charge in [0.25, 0.3) is 0 Å². The molecule has 1 aromatic rings. The first-order valence-corrected chi connectivity index (χ1v) is 7.51. The fraction of sp³-hybridized carbons (Fsp3) is 0.500. The van der Waals surface area contributed by atoms with Crippen molar-refractivity contribution < 1.29 is 12.8 Å². The smallest absolute Gasteiger partial charge is 0.150 e. The predicted molar refractivity (Wildman–Crippen MR) is 66.4 cm³/mol. The SMILES string of the molecule is Cc1ccc(F)cc1NC1CCS(=O)(=O)CC1. The van der Waals surface area contributed by atoms with Crippen LogP contribution >= 0.6 is 0 Å². The Morgan fingerprint density at radius 1 is 1.29 bits per heavy atom. The van der Waals surface area contributed by atoms with Crippen molar-refractivity contribution in [1.82, 2.24) is 0 Å². The van der Waals surface area contributed by atoms with Crippen LogP contribution in [0, 0.1) is 12.7 Å². The maximum Gasteiger partial charge on any atom is 0.150 e. The molecule has 0 bridgehead atoms. The highest BCUT2D eigenvalue weighted by molar-refractivity contribution is 7.91. The van der Waals surface area contributed by atoms with Gasteiger partial charge >= 0.3 is 0 Å². The van der Waals surface area contributed by atoms with Gasteiger partial charge < -0.3 is 5.32 Å². The first kappa shape index (κ1) is 12.4. The van der Waals surface area contributed by atoms with Gasteiger partial charge in [0.2, 0.25) is 0 Å². The molecule has 1 heterocycles. The average Bonchev–Trinajstić information content (AvgIpc) is 2.26. The second-order valence-corrected chi connectivity index (χ2v) is 6.83. The van der Waals surface area contributed by atoms with E-state index in [2.05, 4.69) is 5.32 Å². The summed E-state index contributed by atoms with van der Waals surface area (Å²) in [5.74, 6) is 0.166. The van der Waals surface area contributed by atoms with Crippen molar-refractivity contribution in [3.05, 3.63) is 29.6 Å². The highest BCUT2D eigenvalue weighted by atomic mass is 32.2. The molecular weight excluding hydrogens is 241 g/mol. The summed E-state index contributed by atoms with van der Waals surface area (Å²) >= 11 is 0. The second kappa shape index (κ2) is 4.64. The summed E-state index contributed by atoms with van der Waals surface area (Å²) in [6.45, 7) is 1.90. The number of benzene rings is 1. The summed E-state index contributed by atoms with van der Waals surface area (Å²) < 4.78 is 35.7. The molecule has 2 rings (SSSR count). The molecule has 5 heteroatoms. The Bertz CT molecular complexity index is 499. The number of nitrogens with one attached hydrogen (secondary N) is 1. The third-order valence-corrected chi connectivity index (χ3v) is 4.83. The lowest BCUT2D eigenvalue weighted by Crippen LogP contribution is -2.32. The Balaban J connectivity index is 2.05. The van der Waals surface area contributed by atoms with Crippen LogP contribution < -0.4 is 5.32 Å². The van der Waals surface area contributed by atoms with Gasteiger partial charge in [-0.25, -0.2) is 12.8 Å². The van der Waals surface area contributed by atoms with Crippen molar-refractivity contribution in [2.45, 2.75) is 25.8 Å². The van der Waals surface area contributed by atoms with Crippen LogP contribution in [0.3, 0.4) is 0 Å². The molecule has 1 aromatic carbocycles. The maximum absolute atomic E-state index is 13.1. The summed E-state index contributed by atoms with van der Waals surface area (Å²) in [4.78, 5) is 0. The lowest BCUT2D eigenvalue weighted by Gasteiger charge is -2.24. The van der Waals surface area contributed by atoms with E-state index in [1.807, 2.05) is 6.92 Å². The summed E-state index contributed by atoms with van der Waals surface area (Å²) in [6, 6.07) is 4.72. The Hall–Kier alpha value is -1.10. The van der Waals surface area contributed by atoms with Crippen LogP contribution in [0.1, 0.15) is 18.4 Å². The van der Waals surface area contributed by atoms with Gasteiger partial charge in [-0.2, -0.15) is 0 Å². The van der Waals surface area contributed by atoms with Gasteiger partial charge in [-0.15, -0.1) is 0 Å². The molecule has 0 atom stereocenters. The monoisotopic (exact) mass is 257 g/mol. The number of halogens is 1. The zero-order valence-electron chi connectivity index (χ0n) is 9.74. The van der Waals surface area contributed by atoms with E-state index in [1.165, 1.54) is 12.1 Å². The third kappa shape index (κ3) is 3.19. The number of rotatable bonds is 2. The van der Waals surface area contributed by atoms with Crippen molar-refractivity contribution in [1.29, 1.82) is 0 Å². The predicted octanol–water partition coefficient (Wildman–Crippen LogP) is 2.12. The van der Waals surface area contributed by atoms with E-state index in [0.29, 0.717) is 12.8 Å². The lowest BCUT2D eigenvalue weighted by molar-refractivity contribution is 0.559. The Morgan fingerprint density at radius 3 is 2.59 bits per heavy atom. The van der Waals surface area contributed by atoms with Gasteiger partial charge in [0, 0.05) is 11.7 Å². The van der Waals surface area contributed by atoms with Crippen LogP contribution in [0.4, 0.5) is 10.1 Å². The summed E-state index contributed by atoms with van der Waals surface area (Å²) in [6.07, 6.45) is 1.19. The molecule has 0 aliphatic carbocycles. The molecule has 3 nitrogen and oxygen atoms in total. The molecule has 1 fully saturated rings. The summed E-state index contributed by atoms with van der Waals surface area (Å²) in [7, 11) is -2.84. The fourth-order valence-corrected chi connectivity index (χ4v) is 3.50. The van der Waals surface area contributed by atoms with Crippen molar-refractivity contribution in [2.75, 3.05) is 16.8 Å². The highest BCUT2D eigenvalue weighted by Crippen LogP contribution is 2.21. The van der Waals surface area contributed by atoms with E-state index in [0.717, 1.165) is 11.3 Å². The minimum Gasteiger partial charge on any atom is -0.382 e. The van der Waals surface area contributed by atoms with E-state index >= 15 is 0 Å². The number of hydrogen-bond donors (Lipinski definition) is 1. The van der Waals surface area contributed by atoms with Gasteiger partial charge in [0.15, 0.2) is 0 Å². The molecule has 94 valence electrons. The van der Waals surface area contributed by atoms with Crippen LogP contribution in [0.15, 0.2) is 18.2 Å². The zero-order valence-corrected chi connectivity index (χ0v) is 10.6. The molecule has 0 unspecified atom stereocenters. The molecule has 1 N–H and O–H groups in total. The van der Waals surface area contributed by atoms with Gasteiger partial charge in [0.05, 0.1) is 11.5 Å². The van der Waals surface area contributed by atoms with Crippen LogP contribution in [-0.4, -0.2) is 26.0 Å². The highest BCUT2D eigenvalue weighted by Gasteiger charge is 2.23. The topological polar surface area (TPSA) is 46.2 Å². The second-order valence-electron chi connectivity index (χ2n) is 4.53. The number of sulfone groups is 1. The van der Waals surface area contributed by atoms with Crippen LogP contribution in [0.2, 0.25) is 0 Å². The first-order chi connectivity index (χ1) is 7.96. The molecule has 0 radical (unpaired) electrons. The Morgan fingerprint density at radius 2 is 1.94 bits per heavy atom. The summed E-state index contributed by atoms with van der Waals surface area (Å²) in [5, 5.41) is 3.22. The molecule has 0 aromatic heterocycles. The number of hydrogen-bond acceptors (Lipinski definition) is 3. The molecule has 17 heavy (non-hydrogen) atoms. The van der Waals surface area contributed by atoms with Gasteiger partial charge in [0.1, 0.15) is 15.7 Å². The van der Waals surface area contributed by atoms with Crippen molar-refractivity contribution in [3.8, 4) is 0 Å². The molecule has 1 saturated heterocycles. The van der Waals surface area contributed by atoms with Crippen LogP contribution in [0.5, 0.6) is 0 Å². The van der Waals surface area contributed by atoms with Crippen molar-refractivity contribution in [2.24, 2.45) is 0 Å². The quantitative estimate of drug-likeness (QED) is 0.882. The molecular formula is C12H16FNO2S. The van der Waals surface area contributed by atoms with Gasteiger partial charge in [-0.05, 0) is 37.5 Å².